The molecular weight excluding hydrogens is 328 g/mol. The number of carbonyl (C=O) groups excluding carboxylic acids is 2. The van der Waals surface area contributed by atoms with Gasteiger partial charge in [-0.15, -0.1) is 0 Å². The highest BCUT2D eigenvalue weighted by Crippen LogP contribution is 2.26. The van der Waals surface area contributed by atoms with Crippen LogP contribution in [0.3, 0.4) is 0 Å². The Kier molecular flexibility index (Phi) is 5.22. The first-order chi connectivity index (χ1) is 12.7. The van der Waals surface area contributed by atoms with E-state index in [1.807, 2.05) is 18.2 Å². The van der Waals surface area contributed by atoms with Gasteiger partial charge in [0.05, 0.1) is 6.04 Å². The summed E-state index contributed by atoms with van der Waals surface area (Å²) >= 11 is 0. The number of carbonyl (C=O) groups is 2. The van der Waals surface area contributed by atoms with Crippen LogP contribution in [0.15, 0.2) is 30.3 Å². The summed E-state index contributed by atoms with van der Waals surface area (Å²) in [4.78, 5) is 26.6. The summed E-state index contributed by atoms with van der Waals surface area (Å²) in [7, 11) is 0. The molecule has 26 heavy (non-hydrogen) atoms. The Morgan fingerprint density at radius 3 is 2.77 bits per heavy atom. The molecule has 1 aromatic rings. The summed E-state index contributed by atoms with van der Waals surface area (Å²) in [5.74, 6) is 0.284. The molecule has 140 valence electrons. The molecule has 0 spiro atoms. The van der Waals surface area contributed by atoms with E-state index >= 15 is 0 Å². The standard InChI is InChI=1S/C20H28N4O2/c25-19(23-15-6-7-15)9-8-17-12-22-20(26)18-10-16(13-24(17)18)21-11-14-4-2-1-3-5-14/h1-5,15-18,21H,6-13H2,(H,22,26)(H,23,25)/t16-,17+,18-/m0/s1. The zero-order valence-corrected chi connectivity index (χ0v) is 15.1. The van der Waals surface area contributed by atoms with Gasteiger partial charge in [0.2, 0.25) is 11.8 Å². The largest absolute Gasteiger partial charge is 0.353 e. The summed E-state index contributed by atoms with van der Waals surface area (Å²) in [6.07, 6.45) is 4.43. The summed E-state index contributed by atoms with van der Waals surface area (Å²) in [5, 5.41) is 9.68. The fourth-order valence-corrected chi connectivity index (χ4v) is 4.07. The van der Waals surface area contributed by atoms with Crippen LogP contribution in [0.25, 0.3) is 0 Å². The molecule has 1 saturated carbocycles. The first kappa shape index (κ1) is 17.5. The number of fused-ring (bicyclic) bond motifs is 1. The summed E-state index contributed by atoms with van der Waals surface area (Å²) in [6, 6.07) is 11.3. The first-order valence-corrected chi connectivity index (χ1v) is 9.79. The van der Waals surface area contributed by atoms with E-state index in [0.717, 1.165) is 38.8 Å². The highest BCUT2D eigenvalue weighted by Gasteiger charge is 2.43. The molecule has 0 unspecified atom stereocenters. The minimum absolute atomic E-state index is 0.0616. The van der Waals surface area contributed by atoms with Gasteiger partial charge in [-0.05, 0) is 31.2 Å². The SMILES string of the molecule is O=C(CC[C@@H]1CNC(=O)[C@@H]2C[C@H](NCc3ccccc3)CN12)NC1CC1. The van der Waals surface area contributed by atoms with Crippen LogP contribution in [0.1, 0.15) is 37.7 Å². The lowest BCUT2D eigenvalue weighted by Gasteiger charge is -2.37. The second kappa shape index (κ2) is 7.76. The van der Waals surface area contributed by atoms with Crippen molar-refractivity contribution >= 4 is 11.8 Å². The molecule has 4 rings (SSSR count). The molecule has 1 aromatic carbocycles. The maximum absolute atomic E-state index is 12.3. The van der Waals surface area contributed by atoms with E-state index < -0.39 is 0 Å². The lowest BCUT2D eigenvalue weighted by Crippen LogP contribution is -2.58. The van der Waals surface area contributed by atoms with E-state index in [9.17, 15) is 9.59 Å². The Bertz CT molecular complexity index is 646. The van der Waals surface area contributed by atoms with Crippen LogP contribution in [0.5, 0.6) is 0 Å². The number of hydrogen-bond acceptors (Lipinski definition) is 4. The maximum atomic E-state index is 12.3. The molecule has 3 fully saturated rings. The van der Waals surface area contributed by atoms with Crippen molar-refractivity contribution in [3.05, 3.63) is 35.9 Å². The van der Waals surface area contributed by atoms with Crippen molar-refractivity contribution in [3.8, 4) is 0 Å². The van der Waals surface area contributed by atoms with Gasteiger partial charge >= 0.3 is 0 Å². The summed E-state index contributed by atoms with van der Waals surface area (Å²) < 4.78 is 0. The molecular formula is C20H28N4O2. The fourth-order valence-electron chi connectivity index (χ4n) is 4.07. The van der Waals surface area contributed by atoms with Crippen molar-refractivity contribution in [1.29, 1.82) is 0 Å². The van der Waals surface area contributed by atoms with Gasteiger partial charge in [0.25, 0.3) is 0 Å². The van der Waals surface area contributed by atoms with Crippen LogP contribution in [0.4, 0.5) is 0 Å². The summed E-state index contributed by atoms with van der Waals surface area (Å²) in [6.45, 7) is 2.35. The van der Waals surface area contributed by atoms with E-state index in [2.05, 4.69) is 33.0 Å². The molecule has 1 aliphatic carbocycles. The van der Waals surface area contributed by atoms with E-state index in [0.29, 0.717) is 25.0 Å². The first-order valence-electron chi connectivity index (χ1n) is 9.79. The Morgan fingerprint density at radius 1 is 1.19 bits per heavy atom. The highest BCUT2D eigenvalue weighted by molar-refractivity contribution is 5.83. The van der Waals surface area contributed by atoms with Gasteiger partial charge in [0.15, 0.2) is 0 Å². The third-order valence-corrected chi connectivity index (χ3v) is 5.71. The van der Waals surface area contributed by atoms with Crippen molar-refractivity contribution in [2.75, 3.05) is 13.1 Å². The molecule has 3 aliphatic rings. The van der Waals surface area contributed by atoms with Gasteiger partial charge in [-0.2, -0.15) is 0 Å². The smallest absolute Gasteiger partial charge is 0.237 e. The van der Waals surface area contributed by atoms with E-state index in [4.69, 9.17) is 0 Å². The summed E-state index contributed by atoms with van der Waals surface area (Å²) in [5.41, 5.74) is 1.26. The quantitative estimate of drug-likeness (QED) is 0.675. The van der Waals surface area contributed by atoms with Crippen molar-refractivity contribution in [3.63, 3.8) is 0 Å². The molecule has 0 bridgehead atoms. The predicted octanol–water partition coefficient (Wildman–Crippen LogP) is 0.776. The molecule has 2 aliphatic heterocycles. The monoisotopic (exact) mass is 356 g/mol. The molecule has 6 nitrogen and oxygen atoms in total. The third-order valence-electron chi connectivity index (χ3n) is 5.71. The van der Waals surface area contributed by atoms with E-state index in [1.165, 1.54) is 5.56 Å². The van der Waals surface area contributed by atoms with Gasteiger partial charge in [-0.25, -0.2) is 0 Å². The highest BCUT2D eigenvalue weighted by atomic mass is 16.2. The molecule has 2 heterocycles. The Labute approximate surface area is 154 Å². The Hall–Kier alpha value is -1.92. The van der Waals surface area contributed by atoms with Gasteiger partial charge in [0, 0.05) is 44.2 Å². The zero-order chi connectivity index (χ0) is 17.9. The van der Waals surface area contributed by atoms with Crippen LogP contribution in [0.2, 0.25) is 0 Å². The maximum Gasteiger partial charge on any atom is 0.237 e. The minimum Gasteiger partial charge on any atom is -0.353 e. The zero-order valence-electron chi connectivity index (χ0n) is 15.1. The molecule has 6 heteroatoms. The van der Waals surface area contributed by atoms with Crippen molar-refractivity contribution < 1.29 is 9.59 Å². The average Bonchev–Trinajstić information content (AvgIpc) is 3.35. The molecule has 0 aromatic heterocycles. The normalized spacial score (nSPS) is 28.5. The van der Waals surface area contributed by atoms with E-state index in [1.54, 1.807) is 0 Å². The number of amides is 2. The lowest BCUT2D eigenvalue weighted by atomic mass is 10.0. The number of nitrogens with one attached hydrogen (secondary N) is 3. The van der Waals surface area contributed by atoms with Gasteiger partial charge in [-0.1, -0.05) is 30.3 Å². The van der Waals surface area contributed by atoms with Crippen molar-refractivity contribution in [2.24, 2.45) is 0 Å². The van der Waals surface area contributed by atoms with Crippen molar-refractivity contribution in [1.82, 2.24) is 20.9 Å². The van der Waals surface area contributed by atoms with Crippen LogP contribution < -0.4 is 16.0 Å². The van der Waals surface area contributed by atoms with Crippen LogP contribution in [-0.2, 0) is 16.1 Å². The Morgan fingerprint density at radius 2 is 2.00 bits per heavy atom. The second-order valence-electron chi connectivity index (χ2n) is 7.79. The molecule has 2 saturated heterocycles. The van der Waals surface area contributed by atoms with Crippen molar-refractivity contribution in [2.45, 2.75) is 62.8 Å². The average molecular weight is 356 g/mol. The number of hydrogen-bond donors (Lipinski definition) is 3. The number of benzene rings is 1. The van der Waals surface area contributed by atoms with Gasteiger partial charge in [0.1, 0.15) is 0 Å². The molecule has 0 radical (unpaired) electrons. The second-order valence-corrected chi connectivity index (χ2v) is 7.79. The molecule has 3 N–H and O–H groups in total. The molecule has 2 amide bonds. The van der Waals surface area contributed by atoms with Crippen LogP contribution >= 0.6 is 0 Å². The number of rotatable bonds is 7. The van der Waals surface area contributed by atoms with Gasteiger partial charge < -0.3 is 16.0 Å². The molecule has 3 atom stereocenters. The topological polar surface area (TPSA) is 73.5 Å². The number of piperazine rings is 1. The van der Waals surface area contributed by atoms with Crippen LogP contribution in [-0.4, -0.2) is 54.0 Å². The third kappa shape index (κ3) is 4.24. The fraction of sp³-hybridized carbons (Fsp3) is 0.600. The minimum atomic E-state index is -0.0616. The van der Waals surface area contributed by atoms with E-state index in [-0.39, 0.29) is 23.9 Å². The number of nitrogens with zero attached hydrogens (tertiary/aromatic N) is 1. The van der Waals surface area contributed by atoms with Crippen LogP contribution in [0, 0.1) is 0 Å². The van der Waals surface area contributed by atoms with Gasteiger partial charge in [-0.3, -0.25) is 14.5 Å². The lowest BCUT2D eigenvalue weighted by molar-refractivity contribution is -0.129. The Balaban J connectivity index is 1.29. The predicted molar refractivity (Wildman–Crippen MR) is 99.4 cm³/mol.